The Kier molecular flexibility index (Phi) is 6.82. The van der Waals surface area contributed by atoms with Gasteiger partial charge < -0.3 is 14.5 Å². The van der Waals surface area contributed by atoms with Gasteiger partial charge in [0.1, 0.15) is 29.2 Å². The Hall–Kier alpha value is -3.87. The van der Waals surface area contributed by atoms with Crippen LogP contribution >= 0.6 is 0 Å². The molecule has 34 heavy (non-hydrogen) atoms. The van der Waals surface area contributed by atoms with Gasteiger partial charge in [0.25, 0.3) is 5.56 Å². The number of anilines is 1. The predicted molar refractivity (Wildman–Crippen MR) is 135 cm³/mol. The Bertz CT molecular complexity index is 1420. The molecule has 2 heterocycles. The van der Waals surface area contributed by atoms with E-state index in [1.807, 2.05) is 50.2 Å². The van der Waals surface area contributed by atoms with Gasteiger partial charge in [-0.05, 0) is 49.6 Å². The molecule has 0 aliphatic heterocycles. The van der Waals surface area contributed by atoms with Crippen LogP contribution in [-0.2, 0) is 16.1 Å². The normalized spacial score (nSPS) is 12.1. The molecule has 0 radical (unpaired) electrons. The Morgan fingerprint density at radius 2 is 1.97 bits per heavy atom. The molecule has 0 saturated carbocycles. The minimum absolute atomic E-state index is 0.187. The molecular formula is C27H29N3O4. The highest BCUT2D eigenvalue weighted by atomic mass is 16.5. The predicted octanol–water partition coefficient (Wildman–Crippen LogP) is 5.69. The van der Waals surface area contributed by atoms with Gasteiger partial charge in [-0.2, -0.15) is 0 Å². The van der Waals surface area contributed by atoms with Gasteiger partial charge in [-0.3, -0.25) is 14.2 Å². The first kappa shape index (κ1) is 23.3. The number of rotatable bonds is 9. The van der Waals surface area contributed by atoms with Crippen molar-refractivity contribution in [3.05, 3.63) is 77.0 Å². The highest BCUT2D eigenvalue weighted by Crippen LogP contribution is 2.31. The van der Waals surface area contributed by atoms with Gasteiger partial charge in [-0.15, -0.1) is 0 Å². The number of benzene rings is 2. The molecule has 7 nitrogen and oxygen atoms in total. The van der Waals surface area contributed by atoms with Crippen molar-refractivity contribution < 1.29 is 13.9 Å². The Morgan fingerprint density at radius 1 is 1.21 bits per heavy atom. The number of hydrogen-bond donors (Lipinski definition) is 1. The lowest BCUT2D eigenvalue weighted by Gasteiger charge is -2.18. The summed E-state index contributed by atoms with van der Waals surface area (Å²) in [6, 6.07) is 13.7. The number of esters is 1. The summed E-state index contributed by atoms with van der Waals surface area (Å²) in [5.41, 5.74) is 3.19. The summed E-state index contributed by atoms with van der Waals surface area (Å²) in [5, 5.41) is 5.32. The number of allylic oxidation sites excluding steroid dienone is 1. The van der Waals surface area contributed by atoms with E-state index in [4.69, 9.17) is 9.15 Å². The van der Waals surface area contributed by atoms with Gasteiger partial charge in [0.15, 0.2) is 0 Å². The van der Waals surface area contributed by atoms with Crippen LogP contribution in [0.5, 0.6) is 0 Å². The number of carbonyl (C=O) groups excluding carboxylic acids is 1. The number of aromatic nitrogens is 2. The van der Waals surface area contributed by atoms with Crippen molar-refractivity contribution in [2.24, 2.45) is 0 Å². The van der Waals surface area contributed by atoms with Crippen LogP contribution < -0.4 is 10.9 Å². The molecule has 2 aromatic heterocycles. The summed E-state index contributed by atoms with van der Waals surface area (Å²) in [5.74, 6) is -0.107. The molecule has 4 aromatic rings. The molecule has 0 amide bonds. The highest BCUT2D eigenvalue weighted by molar-refractivity contribution is 6.05. The second-order valence-electron chi connectivity index (χ2n) is 8.46. The summed E-state index contributed by atoms with van der Waals surface area (Å²) < 4.78 is 12.5. The minimum atomic E-state index is -0.470. The second kappa shape index (κ2) is 9.95. The lowest BCUT2D eigenvalue weighted by Crippen LogP contribution is -2.31. The van der Waals surface area contributed by atoms with Crippen LogP contribution in [0.4, 0.5) is 5.69 Å². The van der Waals surface area contributed by atoms with Gasteiger partial charge in [-0.1, -0.05) is 44.2 Å². The van der Waals surface area contributed by atoms with Crippen molar-refractivity contribution in [1.82, 2.24) is 9.55 Å². The third-order valence-corrected chi connectivity index (χ3v) is 5.75. The molecule has 1 N–H and O–H groups in total. The fourth-order valence-corrected chi connectivity index (χ4v) is 3.91. The average Bonchev–Trinajstić information content (AvgIpc) is 3.19. The highest BCUT2D eigenvalue weighted by Gasteiger charge is 2.17. The van der Waals surface area contributed by atoms with Crippen molar-refractivity contribution in [1.29, 1.82) is 0 Å². The van der Waals surface area contributed by atoms with Crippen molar-refractivity contribution in [2.75, 3.05) is 11.9 Å². The second-order valence-corrected chi connectivity index (χ2v) is 8.46. The summed E-state index contributed by atoms with van der Waals surface area (Å²) in [4.78, 5) is 30.0. The lowest BCUT2D eigenvalue weighted by atomic mass is 10.0. The fraction of sp³-hybridized carbons (Fsp3) is 0.296. The minimum Gasteiger partial charge on any atom is -0.464 e. The third-order valence-electron chi connectivity index (χ3n) is 5.75. The maximum atomic E-state index is 13.3. The summed E-state index contributed by atoms with van der Waals surface area (Å²) in [6.45, 7) is 9.75. The van der Waals surface area contributed by atoms with E-state index in [0.717, 1.165) is 40.3 Å². The number of furan rings is 1. The van der Waals surface area contributed by atoms with Crippen molar-refractivity contribution in [3.63, 3.8) is 0 Å². The number of nitrogens with one attached hydrogen (secondary N) is 1. The summed E-state index contributed by atoms with van der Waals surface area (Å²) in [7, 11) is 0. The Labute approximate surface area is 198 Å². The first-order chi connectivity index (χ1) is 16.4. The number of para-hydroxylation sites is 1. The van der Waals surface area contributed by atoms with E-state index in [9.17, 15) is 9.59 Å². The number of fused-ring (bicyclic) bond motifs is 3. The smallest absolute Gasteiger partial charge is 0.326 e. The molecule has 2 aromatic carbocycles. The van der Waals surface area contributed by atoms with Crippen LogP contribution in [0.1, 0.15) is 51.0 Å². The van der Waals surface area contributed by atoms with E-state index in [-0.39, 0.29) is 18.1 Å². The molecule has 0 aliphatic rings. The van der Waals surface area contributed by atoms with Crippen LogP contribution in [0.2, 0.25) is 0 Å². The van der Waals surface area contributed by atoms with E-state index in [1.165, 1.54) is 10.8 Å². The molecular weight excluding hydrogens is 430 g/mol. The number of ether oxygens (including phenoxy) is 1. The van der Waals surface area contributed by atoms with Gasteiger partial charge in [-0.25, -0.2) is 4.98 Å². The van der Waals surface area contributed by atoms with Crippen LogP contribution in [0.25, 0.3) is 27.5 Å². The third kappa shape index (κ3) is 4.73. The van der Waals surface area contributed by atoms with Crippen molar-refractivity contribution >= 4 is 39.2 Å². The zero-order valence-corrected chi connectivity index (χ0v) is 19.8. The Balaban J connectivity index is 1.61. The number of unbranched alkanes of at least 4 members (excludes halogenated alkanes) is 1. The van der Waals surface area contributed by atoms with Crippen LogP contribution in [-0.4, -0.2) is 22.1 Å². The molecule has 0 fully saturated rings. The maximum absolute atomic E-state index is 13.3. The molecule has 0 saturated heterocycles. The average molecular weight is 460 g/mol. The van der Waals surface area contributed by atoms with Crippen LogP contribution in [0.3, 0.4) is 0 Å². The van der Waals surface area contributed by atoms with Crippen LogP contribution in [0, 0.1) is 0 Å². The molecule has 4 rings (SSSR count). The van der Waals surface area contributed by atoms with E-state index >= 15 is 0 Å². The van der Waals surface area contributed by atoms with E-state index < -0.39 is 5.97 Å². The van der Waals surface area contributed by atoms with Crippen LogP contribution in [0.15, 0.2) is 64.5 Å². The van der Waals surface area contributed by atoms with Gasteiger partial charge in [0.2, 0.25) is 0 Å². The zero-order chi connectivity index (χ0) is 24.2. The molecule has 0 spiro atoms. The number of carbonyl (C=O) groups is 1. The number of hydrogen-bond acceptors (Lipinski definition) is 6. The van der Waals surface area contributed by atoms with E-state index in [0.29, 0.717) is 23.7 Å². The molecule has 0 aliphatic carbocycles. The number of nitrogens with zero attached hydrogens (tertiary/aromatic N) is 2. The van der Waals surface area contributed by atoms with Gasteiger partial charge in [0.05, 0.1) is 12.8 Å². The lowest BCUT2D eigenvalue weighted by molar-refractivity contribution is -0.144. The van der Waals surface area contributed by atoms with Gasteiger partial charge in [0, 0.05) is 16.8 Å². The molecule has 7 heteroatoms. The molecule has 0 unspecified atom stereocenters. The first-order valence-electron chi connectivity index (χ1n) is 11.5. The standard InChI is InChI=1S/C27H29N3O4/c1-5-6-13-33-25(31)16-30-26(17(2)3)28-15-22(27(30)32)29-18(4)19-11-12-24-21(14-19)20-9-7-8-10-23(20)34-24/h7-12,14-15,18,29H,2,5-6,13,16H2,1,3-4H3/t18-/m1/s1. The van der Waals surface area contributed by atoms with E-state index in [1.54, 1.807) is 6.92 Å². The molecule has 176 valence electrons. The van der Waals surface area contributed by atoms with E-state index in [2.05, 4.69) is 22.9 Å². The molecule has 0 bridgehead atoms. The summed E-state index contributed by atoms with van der Waals surface area (Å²) >= 11 is 0. The monoisotopic (exact) mass is 459 g/mol. The zero-order valence-electron chi connectivity index (χ0n) is 19.8. The quantitative estimate of drug-likeness (QED) is 0.255. The first-order valence-corrected chi connectivity index (χ1v) is 11.5. The molecule has 1 atom stereocenters. The fourth-order valence-electron chi connectivity index (χ4n) is 3.91. The topological polar surface area (TPSA) is 86.4 Å². The Morgan fingerprint density at radius 3 is 2.74 bits per heavy atom. The maximum Gasteiger partial charge on any atom is 0.326 e. The van der Waals surface area contributed by atoms with Gasteiger partial charge >= 0.3 is 5.97 Å². The largest absolute Gasteiger partial charge is 0.464 e. The van der Waals surface area contributed by atoms with Crippen molar-refractivity contribution in [2.45, 2.75) is 46.2 Å². The summed E-state index contributed by atoms with van der Waals surface area (Å²) in [6.07, 6.45) is 3.19. The van der Waals surface area contributed by atoms with Crippen molar-refractivity contribution in [3.8, 4) is 0 Å². The SMILES string of the molecule is C=C(C)c1ncc(N[C@H](C)c2ccc3oc4ccccc4c3c2)c(=O)n1CC(=O)OCCCC.